The Hall–Kier alpha value is -2.76. The van der Waals surface area contributed by atoms with Crippen LogP contribution < -0.4 is 5.69 Å². The maximum atomic E-state index is 13.6. The van der Waals surface area contributed by atoms with Gasteiger partial charge >= 0.3 is 5.69 Å². The van der Waals surface area contributed by atoms with Crippen LogP contribution >= 0.6 is 0 Å². The van der Waals surface area contributed by atoms with E-state index in [2.05, 4.69) is 4.98 Å². The number of halogens is 2. The number of benzene rings is 2. The SMILES string of the molecule is O=c1nc(-c2ccccc2)on1Cc1cc(F)ccc1F. The molecule has 0 saturated carbocycles. The molecule has 0 unspecified atom stereocenters. The summed E-state index contributed by atoms with van der Waals surface area (Å²) in [6, 6.07) is 11.9. The lowest BCUT2D eigenvalue weighted by molar-refractivity contribution is 0.283. The fourth-order valence-electron chi connectivity index (χ4n) is 1.92. The molecular weight excluding hydrogens is 278 g/mol. The molecule has 2 aromatic carbocycles. The molecule has 1 aromatic heterocycles. The Balaban J connectivity index is 1.95. The van der Waals surface area contributed by atoms with Gasteiger partial charge in [0, 0.05) is 11.1 Å². The van der Waals surface area contributed by atoms with Crippen LogP contribution in [-0.2, 0) is 6.54 Å². The quantitative estimate of drug-likeness (QED) is 0.744. The lowest BCUT2D eigenvalue weighted by Gasteiger charge is -2.02. The molecule has 3 rings (SSSR count). The van der Waals surface area contributed by atoms with Crippen molar-refractivity contribution in [3.8, 4) is 11.5 Å². The zero-order chi connectivity index (χ0) is 14.8. The van der Waals surface area contributed by atoms with Crippen molar-refractivity contribution in [3.63, 3.8) is 0 Å². The molecular formula is C15H10F2N2O2. The summed E-state index contributed by atoms with van der Waals surface area (Å²) in [6.45, 7) is -0.220. The first-order chi connectivity index (χ1) is 10.1. The van der Waals surface area contributed by atoms with Crippen molar-refractivity contribution in [3.05, 3.63) is 76.2 Å². The second-order valence-corrected chi connectivity index (χ2v) is 4.43. The summed E-state index contributed by atoms with van der Waals surface area (Å²) in [5.74, 6) is -1.05. The van der Waals surface area contributed by atoms with Crippen LogP contribution in [0, 0.1) is 11.6 Å². The second-order valence-electron chi connectivity index (χ2n) is 4.43. The first-order valence-electron chi connectivity index (χ1n) is 6.21. The van der Waals surface area contributed by atoms with E-state index in [9.17, 15) is 13.6 Å². The summed E-state index contributed by atoms with van der Waals surface area (Å²) < 4.78 is 32.9. The first kappa shape index (κ1) is 13.2. The van der Waals surface area contributed by atoms with Crippen molar-refractivity contribution < 1.29 is 13.3 Å². The number of nitrogens with zero attached hydrogens (tertiary/aromatic N) is 2. The van der Waals surface area contributed by atoms with E-state index in [1.54, 1.807) is 24.3 Å². The van der Waals surface area contributed by atoms with Gasteiger partial charge in [0.05, 0.1) is 6.54 Å². The lowest BCUT2D eigenvalue weighted by atomic mass is 10.2. The van der Waals surface area contributed by atoms with Crippen LogP contribution in [0.3, 0.4) is 0 Å². The molecule has 0 fully saturated rings. The number of aromatic nitrogens is 2. The normalized spacial score (nSPS) is 10.8. The Morgan fingerprint density at radius 2 is 1.86 bits per heavy atom. The molecule has 106 valence electrons. The van der Waals surface area contributed by atoms with E-state index in [1.807, 2.05) is 6.07 Å². The van der Waals surface area contributed by atoms with Gasteiger partial charge in [-0.2, -0.15) is 4.98 Å². The van der Waals surface area contributed by atoms with E-state index in [4.69, 9.17) is 4.52 Å². The highest BCUT2D eigenvalue weighted by Crippen LogP contribution is 2.16. The minimum atomic E-state index is -0.655. The van der Waals surface area contributed by atoms with Crippen LogP contribution in [-0.4, -0.2) is 9.72 Å². The van der Waals surface area contributed by atoms with E-state index in [0.29, 0.717) is 5.56 Å². The summed E-state index contributed by atoms with van der Waals surface area (Å²) in [5.41, 5.74) is -0.00144. The van der Waals surface area contributed by atoms with Crippen molar-refractivity contribution in [2.24, 2.45) is 0 Å². The van der Waals surface area contributed by atoms with Gasteiger partial charge in [0.1, 0.15) is 11.6 Å². The third-order valence-electron chi connectivity index (χ3n) is 2.95. The molecule has 0 N–H and O–H groups in total. The average molecular weight is 288 g/mol. The monoisotopic (exact) mass is 288 g/mol. The predicted molar refractivity (Wildman–Crippen MR) is 71.7 cm³/mol. The van der Waals surface area contributed by atoms with Crippen LogP contribution in [0.5, 0.6) is 0 Å². The van der Waals surface area contributed by atoms with E-state index in [1.165, 1.54) is 0 Å². The number of hydrogen-bond donors (Lipinski definition) is 0. The predicted octanol–water partition coefficient (Wildman–Crippen LogP) is 2.83. The minimum absolute atomic E-state index is 0.0212. The Kier molecular flexibility index (Phi) is 3.35. The number of hydrogen-bond acceptors (Lipinski definition) is 3. The van der Waals surface area contributed by atoms with E-state index >= 15 is 0 Å². The molecule has 0 atom stereocenters. The molecule has 21 heavy (non-hydrogen) atoms. The van der Waals surface area contributed by atoms with Crippen LogP contribution in [0.4, 0.5) is 8.78 Å². The van der Waals surface area contributed by atoms with Gasteiger partial charge in [-0.05, 0) is 30.3 Å². The molecule has 0 amide bonds. The van der Waals surface area contributed by atoms with Crippen LogP contribution in [0.2, 0.25) is 0 Å². The molecule has 0 radical (unpaired) electrons. The van der Waals surface area contributed by atoms with Crippen LogP contribution in [0.1, 0.15) is 5.56 Å². The molecule has 0 bridgehead atoms. The van der Waals surface area contributed by atoms with Gasteiger partial charge in [-0.1, -0.05) is 18.2 Å². The second kappa shape index (κ2) is 5.32. The molecule has 3 aromatic rings. The van der Waals surface area contributed by atoms with Crippen molar-refractivity contribution >= 4 is 0 Å². The molecule has 0 saturated heterocycles. The van der Waals surface area contributed by atoms with Crippen molar-refractivity contribution in [2.45, 2.75) is 6.54 Å². The van der Waals surface area contributed by atoms with Crippen LogP contribution in [0.25, 0.3) is 11.5 Å². The third kappa shape index (κ3) is 2.74. The van der Waals surface area contributed by atoms with Gasteiger partial charge in [-0.15, -0.1) is 4.74 Å². The highest BCUT2D eigenvalue weighted by molar-refractivity contribution is 5.51. The van der Waals surface area contributed by atoms with Gasteiger partial charge in [0.25, 0.3) is 5.89 Å². The number of rotatable bonds is 3. The van der Waals surface area contributed by atoms with Gasteiger partial charge in [-0.25, -0.2) is 13.6 Å². The molecule has 0 aliphatic heterocycles. The van der Waals surface area contributed by atoms with Gasteiger partial charge in [-0.3, -0.25) is 0 Å². The van der Waals surface area contributed by atoms with E-state index in [-0.39, 0.29) is 18.0 Å². The summed E-state index contributed by atoms with van der Waals surface area (Å²) in [7, 11) is 0. The maximum absolute atomic E-state index is 13.6. The fraction of sp³-hybridized carbons (Fsp3) is 0.0667. The summed E-state index contributed by atoms with van der Waals surface area (Å²) in [5, 5.41) is 0. The zero-order valence-corrected chi connectivity index (χ0v) is 10.8. The smallest absolute Gasteiger partial charge is 0.354 e. The highest BCUT2D eigenvalue weighted by Gasteiger charge is 2.12. The zero-order valence-electron chi connectivity index (χ0n) is 10.8. The summed E-state index contributed by atoms with van der Waals surface area (Å²) in [4.78, 5) is 15.5. The first-order valence-corrected chi connectivity index (χ1v) is 6.21. The van der Waals surface area contributed by atoms with E-state index < -0.39 is 17.3 Å². The van der Waals surface area contributed by atoms with Gasteiger partial charge in [0.15, 0.2) is 0 Å². The Morgan fingerprint density at radius 3 is 2.62 bits per heavy atom. The third-order valence-corrected chi connectivity index (χ3v) is 2.95. The summed E-state index contributed by atoms with van der Waals surface area (Å²) in [6.07, 6.45) is 0. The average Bonchev–Trinajstić information content (AvgIpc) is 2.85. The topological polar surface area (TPSA) is 48.0 Å². The molecule has 6 heteroatoms. The summed E-state index contributed by atoms with van der Waals surface area (Å²) >= 11 is 0. The highest BCUT2D eigenvalue weighted by atomic mass is 19.1. The van der Waals surface area contributed by atoms with Gasteiger partial charge < -0.3 is 4.52 Å². The Bertz CT molecular complexity index is 825. The minimum Gasteiger partial charge on any atom is -0.354 e. The molecule has 0 aliphatic rings. The Morgan fingerprint density at radius 1 is 1.10 bits per heavy atom. The fourth-order valence-corrected chi connectivity index (χ4v) is 1.92. The largest absolute Gasteiger partial charge is 0.380 e. The van der Waals surface area contributed by atoms with Crippen LogP contribution in [0.15, 0.2) is 57.8 Å². The lowest BCUT2D eigenvalue weighted by Crippen LogP contribution is -2.17. The standard InChI is InChI=1S/C15H10F2N2O2/c16-12-6-7-13(17)11(8-12)9-19-15(20)18-14(21-19)10-4-2-1-3-5-10/h1-8H,9H2. The molecule has 1 heterocycles. The molecule has 4 nitrogen and oxygen atoms in total. The molecule has 0 aliphatic carbocycles. The van der Waals surface area contributed by atoms with Crippen molar-refractivity contribution in [1.29, 1.82) is 0 Å². The van der Waals surface area contributed by atoms with Crippen molar-refractivity contribution in [1.82, 2.24) is 9.72 Å². The maximum Gasteiger partial charge on any atom is 0.380 e. The van der Waals surface area contributed by atoms with Crippen molar-refractivity contribution in [2.75, 3.05) is 0 Å². The molecule has 0 spiro atoms. The van der Waals surface area contributed by atoms with Gasteiger partial charge in [0.2, 0.25) is 0 Å². The van der Waals surface area contributed by atoms with E-state index in [0.717, 1.165) is 22.9 Å². The Labute approximate surface area is 118 Å².